The molecule has 3 rings (SSSR count). The molecule has 0 radical (unpaired) electrons. The minimum atomic E-state index is -0.132. The van der Waals surface area contributed by atoms with Crippen LogP contribution in [-0.2, 0) is 4.79 Å². The molecule has 1 unspecified atom stereocenters. The molecule has 1 aliphatic carbocycles. The Morgan fingerprint density at radius 2 is 1.75 bits per heavy atom. The van der Waals surface area contributed by atoms with Crippen molar-refractivity contribution in [2.24, 2.45) is 0 Å². The average molecular weight is 380 g/mol. The van der Waals surface area contributed by atoms with E-state index in [1.807, 2.05) is 37.3 Å². The number of nitrogens with one attached hydrogen (secondary N) is 3. The third-order valence-corrected chi connectivity index (χ3v) is 5.22. The van der Waals surface area contributed by atoms with E-state index in [-0.39, 0.29) is 30.4 Å². The normalized spacial score (nSPS) is 15.6. The molecule has 5 nitrogen and oxygen atoms in total. The summed E-state index contributed by atoms with van der Waals surface area (Å²) in [5.41, 5.74) is 2.35. The monoisotopic (exact) mass is 379 g/mol. The minimum Gasteiger partial charge on any atom is -0.349 e. The van der Waals surface area contributed by atoms with Crippen LogP contribution in [0, 0.1) is 0 Å². The fourth-order valence-corrected chi connectivity index (χ4v) is 3.56. The van der Waals surface area contributed by atoms with Crippen molar-refractivity contribution in [2.45, 2.75) is 51.1 Å². The van der Waals surface area contributed by atoms with Gasteiger partial charge in [-0.2, -0.15) is 0 Å². The average Bonchev–Trinajstić information content (AvgIpc) is 2.73. The van der Waals surface area contributed by atoms with Crippen molar-refractivity contribution in [3.63, 3.8) is 0 Å². The van der Waals surface area contributed by atoms with E-state index in [1.54, 1.807) is 24.3 Å². The van der Waals surface area contributed by atoms with Gasteiger partial charge >= 0.3 is 0 Å². The van der Waals surface area contributed by atoms with Crippen LogP contribution in [0.3, 0.4) is 0 Å². The molecule has 1 fully saturated rings. The third kappa shape index (κ3) is 5.92. The molecule has 1 aliphatic rings. The van der Waals surface area contributed by atoms with Crippen LogP contribution in [0.15, 0.2) is 54.6 Å². The van der Waals surface area contributed by atoms with Gasteiger partial charge in [-0.05, 0) is 43.5 Å². The molecule has 0 heterocycles. The van der Waals surface area contributed by atoms with E-state index in [0.717, 1.165) is 18.4 Å². The van der Waals surface area contributed by atoms with Crippen LogP contribution in [0.1, 0.15) is 61.0 Å². The van der Waals surface area contributed by atoms with Crippen LogP contribution in [0.4, 0.5) is 5.69 Å². The minimum absolute atomic E-state index is 0.0705. The number of benzene rings is 2. The summed E-state index contributed by atoms with van der Waals surface area (Å²) < 4.78 is 0. The molecule has 0 saturated heterocycles. The van der Waals surface area contributed by atoms with Crippen molar-refractivity contribution < 1.29 is 9.59 Å². The number of rotatable bonds is 7. The summed E-state index contributed by atoms with van der Waals surface area (Å²) in [6.07, 6.45) is 5.70. The van der Waals surface area contributed by atoms with Gasteiger partial charge in [-0.15, -0.1) is 0 Å². The molecule has 1 atom stereocenters. The lowest BCUT2D eigenvalue weighted by atomic mass is 9.95. The zero-order valence-electron chi connectivity index (χ0n) is 16.4. The first-order valence-corrected chi connectivity index (χ1v) is 10.1. The van der Waals surface area contributed by atoms with Gasteiger partial charge in [-0.25, -0.2) is 0 Å². The molecule has 2 aromatic carbocycles. The van der Waals surface area contributed by atoms with Gasteiger partial charge < -0.3 is 16.0 Å². The predicted octanol–water partition coefficient (Wildman–Crippen LogP) is 4.04. The standard InChI is InChI=1S/C23H29N3O2/c1-17(18-9-4-2-5-10-18)24-16-22(27)25-21-14-8-11-19(15-21)23(28)26-20-12-6-3-7-13-20/h2,4-5,8-11,14-15,17,20,24H,3,6-7,12-13,16H2,1H3,(H,25,27)(H,26,28). The fraction of sp³-hybridized carbons (Fsp3) is 0.391. The van der Waals surface area contributed by atoms with Gasteiger partial charge in [-0.3, -0.25) is 9.59 Å². The van der Waals surface area contributed by atoms with Crippen LogP contribution in [0.25, 0.3) is 0 Å². The van der Waals surface area contributed by atoms with Gasteiger partial charge in [0.2, 0.25) is 5.91 Å². The van der Waals surface area contributed by atoms with Crippen LogP contribution in [0.2, 0.25) is 0 Å². The summed E-state index contributed by atoms with van der Waals surface area (Å²) in [4.78, 5) is 24.8. The zero-order valence-corrected chi connectivity index (χ0v) is 16.4. The van der Waals surface area contributed by atoms with Crippen molar-refractivity contribution in [1.29, 1.82) is 0 Å². The SMILES string of the molecule is CC(NCC(=O)Nc1cccc(C(=O)NC2CCCCC2)c1)c1ccccc1. The molecule has 28 heavy (non-hydrogen) atoms. The third-order valence-electron chi connectivity index (χ3n) is 5.22. The van der Waals surface area contributed by atoms with E-state index in [2.05, 4.69) is 16.0 Å². The first kappa shape index (κ1) is 20.1. The molecule has 0 aromatic heterocycles. The van der Waals surface area contributed by atoms with Crippen molar-refractivity contribution in [2.75, 3.05) is 11.9 Å². The lowest BCUT2D eigenvalue weighted by Crippen LogP contribution is -2.36. The molecule has 2 aromatic rings. The van der Waals surface area contributed by atoms with Gasteiger partial charge in [0.25, 0.3) is 5.91 Å². The molecular weight excluding hydrogens is 350 g/mol. The highest BCUT2D eigenvalue weighted by molar-refractivity contribution is 5.97. The van der Waals surface area contributed by atoms with Crippen LogP contribution >= 0.6 is 0 Å². The van der Waals surface area contributed by atoms with E-state index in [9.17, 15) is 9.59 Å². The van der Waals surface area contributed by atoms with Gasteiger partial charge in [0.05, 0.1) is 6.54 Å². The van der Waals surface area contributed by atoms with Crippen LogP contribution < -0.4 is 16.0 Å². The predicted molar refractivity (Wildman–Crippen MR) is 112 cm³/mol. The zero-order chi connectivity index (χ0) is 19.8. The van der Waals surface area contributed by atoms with Gasteiger partial charge in [-0.1, -0.05) is 55.7 Å². The smallest absolute Gasteiger partial charge is 0.251 e. The Morgan fingerprint density at radius 1 is 1.00 bits per heavy atom. The summed E-state index contributed by atoms with van der Waals surface area (Å²) in [5, 5.41) is 9.20. The molecule has 148 valence electrons. The van der Waals surface area contributed by atoms with Crippen molar-refractivity contribution in [3.05, 3.63) is 65.7 Å². The topological polar surface area (TPSA) is 70.2 Å². The Bertz CT molecular complexity index is 785. The summed E-state index contributed by atoms with van der Waals surface area (Å²) in [6, 6.07) is 17.5. The lowest BCUT2D eigenvalue weighted by Gasteiger charge is -2.22. The van der Waals surface area contributed by atoms with Gasteiger partial charge in [0, 0.05) is 23.3 Å². The molecule has 0 bridgehead atoms. The van der Waals surface area contributed by atoms with Gasteiger partial charge in [0.1, 0.15) is 0 Å². The second kappa shape index (κ2) is 10.0. The summed E-state index contributed by atoms with van der Waals surface area (Å²) in [7, 11) is 0. The highest BCUT2D eigenvalue weighted by Gasteiger charge is 2.17. The summed E-state index contributed by atoms with van der Waals surface area (Å²) in [6.45, 7) is 2.23. The maximum atomic E-state index is 12.5. The number of hydrogen-bond acceptors (Lipinski definition) is 3. The first-order chi connectivity index (χ1) is 13.6. The number of carbonyl (C=O) groups excluding carboxylic acids is 2. The Kier molecular flexibility index (Phi) is 7.20. The number of amides is 2. The molecular formula is C23H29N3O2. The quantitative estimate of drug-likeness (QED) is 0.680. The maximum Gasteiger partial charge on any atom is 0.251 e. The van der Waals surface area contributed by atoms with E-state index in [4.69, 9.17) is 0 Å². The van der Waals surface area contributed by atoms with E-state index in [1.165, 1.54) is 19.3 Å². The molecule has 1 saturated carbocycles. The highest BCUT2D eigenvalue weighted by Crippen LogP contribution is 2.18. The van der Waals surface area contributed by atoms with E-state index < -0.39 is 0 Å². The second-order valence-electron chi connectivity index (χ2n) is 7.45. The Balaban J connectivity index is 1.50. The highest BCUT2D eigenvalue weighted by atomic mass is 16.2. The Hall–Kier alpha value is -2.66. The molecule has 2 amide bonds. The molecule has 0 aliphatic heterocycles. The second-order valence-corrected chi connectivity index (χ2v) is 7.45. The van der Waals surface area contributed by atoms with Crippen LogP contribution in [-0.4, -0.2) is 24.4 Å². The van der Waals surface area contributed by atoms with Crippen molar-refractivity contribution in [1.82, 2.24) is 10.6 Å². The summed E-state index contributed by atoms with van der Waals surface area (Å²) >= 11 is 0. The molecule has 5 heteroatoms. The van der Waals surface area contributed by atoms with E-state index >= 15 is 0 Å². The van der Waals surface area contributed by atoms with Crippen molar-refractivity contribution >= 4 is 17.5 Å². The fourth-order valence-electron chi connectivity index (χ4n) is 3.56. The lowest BCUT2D eigenvalue weighted by molar-refractivity contribution is -0.115. The summed E-state index contributed by atoms with van der Waals surface area (Å²) in [5.74, 6) is -0.202. The largest absolute Gasteiger partial charge is 0.349 e. The number of hydrogen-bond donors (Lipinski definition) is 3. The number of carbonyl (C=O) groups is 2. The maximum absolute atomic E-state index is 12.5. The number of anilines is 1. The van der Waals surface area contributed by atoms with Crippen LogP contribution in [0.5, 0.6) is 0 Å². The Morgan fingerprint density at radius 3 is 2.50 bits per heavy atom. The molecule has 0 spiro atoms. The first-order valence-electron chi connectivity index (χ1n) is 10.1. The molecule has 3 N–H and O–H groups in total. The van der Waals surface area contributed by atoms with Gasteiger partial charge in [0.15, 0.2) is 0 Å². The van der Waals surface area contributed by atoms with Crippen molar-refractivity contribution in [3.8, 4) is 0 Å². The van der Waals surface area contributed by atoms with E-state index in [0.29, 0.717) is 11.3 Å². The Labute approximate surface area is 166 Å².